The van der Waals surface area contributed by atoms with Gasteiger partial charge < -0.3 is 15.5 Å². The van der Waals surface area contributed by atoms with Gasteiger partial charge >= 0.3 is 0 Å². The van der Waals surface area contributed by atoms with Crippen LogP contribution in [0, 0.1) is 0 Å². The van der Waals surface area contributed by atoms with Crippen LogP contribution < -0.4 is 10.6 Å². The van der Waals surface area contributed by atoms with Crippen molar-refractivity contribution in [2.45, 2.75) is 19.8 Å². The van der Waals surface area contributed by atoms with Gasteiger partial charge in [0.1, 0.15) is 6.54 Å². The predicted molar refractivity (Wildman–Crippen MR) is 85.2 cm³/mol. The van der Waals surface area contributed by atoms with Crippen molar-refractivity contribution >= 4 is 11.9 Å². The van der Waals surface area contributed by atoms with Crippen LogP contribution in [0.2, 0.25) is 0 Å². The van der Waals surface area contributed by atoms with E-state index in [2.05, 4.69) is 27.5 Å². The van der Waals surface area contributed by atoms with Crippen LogP contribution in [0.4, 0.5) is 0 Å². The number of hydrogen-bond acceptors (Lipinski definition) is 3. The number of rotatable bonds is 7. The van der Waals surface area contributed by atoms with Crippen LogP contribution in [-0.2, 0) is 11.2 Å². The maximum Gasteiger partial charge on any atom is 0.243 e. The summed E-state index contributed by atoms with van der Waals surface area (Å²) in [7, 11) is 3.46. The molecule has 0 fully saturated rings. The minimum Gasteiger partial charge on any atom is -0.356 e. The summed E-state index contributed by atoms with van der Waals surface area (Å²) in [6, 6.07) is 5.87. The molecular weight excluding hydrogens is 266 g/mol. The normalized spacial score (nSPS) is 11.1. The van der Waals surface area contributed by atoms with E-state index in [1.54, 1.807) is 20.3 Å². The topological polar surface area (TPSA) is 69.6 Å². The fourth-order valence-corrected chi connectivity index (χ4v) is 1.56. The largest absolute Gasteiger partial charge is 0.356 e. The van der Waals surface area contributed by atoms with E-state index < -0.39 is 0 Å². The van der Waals surface area contributed by atoms with Crippen LogP contribution in [0.5, 0.6) is 0 Å². The van der Waals surface area contributed by atoms with Gasteiger partial charge in [-0.05, 0) is 18.6 Å². The molecule has 1 heterocycles. The zero-order valence-corrected chi connectivity index (χ0v) is 13.1. The Bertz CT molecular complexity index is 445. The molecule has 6 nitrogen and oxygen atoms in total. The number of amides is 1. The molecule has 1 aromatic heterocycles. The average molecular weight is 291 g/mol. The monoisotopic (exact) mass is 291 g/mol. The summed E-state index contributed by atoms with van der Waals surface area (Å²) in [5.41, 5.74) is 1.03. The summed E-state index contributed by atoms with van der Waals surface area (Å²) < 4.78 is 0. The van der Waals surface area contributed by atoms with Crippen molar-refractivity contribution < 1.29 is 4.79 Å². The molecule has 116 valence electrons. The summed E-state index contributed by atoms with van der Waals surface area (Å²) in [5.74, 6) is 0.653. The molecule has 1 rings (SSSR count). The van der Waals surface area contributed by atoms with Gasteiger partial charge in [-0.15, -0.1) is 0 Å². The summed E-state index contributed by atoms with van der Waals surface area (Å²) in [6.45, 7) is 3.79. The zero-order chi connectivity index (χ0) is 15.5. The van der Waals surface area contributed by atoms with Crippen molar-refractivity contribution in [3.63, 3.8) is 0 Å². The number of hydrogen-bond donors (Lipinski definition) is 2. The van der Waals surface area contributed by atoms with E-state index in [0.29, 0.717) is 5.96 Å². The van der Waals surface area contributed by atoms with Crippen molar-refractivity contribution in [1.82, 2.24) is 20.5 Å². The molecule has 1 aromatic rings. The molecule has 0 spiro atoms. The van der Waals surface area contributed by atoms with Crippen LogP contribution in [-0.4, -0.2) is 55.5 Å². The fraction of sp³-hybridized carbons (Fsp3) is 0.533. The van der Waals surface area contributed by atoms with Gasteiger partial charge in [-0.3, -0.25) is 9.78 Å². The lowest BCUT2D eigenvalue weighted by atomic mass is 10.3. The molecule has 0 atom stereocenters. The van der Waals surface area contributed by atoms with Crippen LogP contribution in [0.15, 0.2) is 29.4 Å². The summed E-state index contributed by atoms with van der Waals surface area (Å²) in [4.78, 5) is 21.7. The Morgan fingerprint density at radius 2 is 2.05 bits per heavy atom. The third-order valence-corrected chi connectivity index (χ3v) is 2.81. The third-order valence-electron chi connectivity index (χ3n) is 2.81. The second-order valence-corrected chi connectivity index (χ2v) is 4.88. The molecule has 0 aromatic carbocycles. The second kappa shape index (κ2) is 9.74. The van der Waals surface area contributed by atoms with Gasteiger partial charge in [-0.2, -0.15) is 0 Å². The highest BCUT2D eigenvalue weighted by Gasteiger charge is 2.04. The molecule has 0 saturated carbocycles. The molecule has 0 aliphatic rings. The van der Waals surface area contributed by atoms with Crippen molar-refractivity contribution in [3.05, 3.63) is 30.1 Å². The number of aromatic nitrogens is 1. The first-order valence-corrected chi connectivity index (χ1v) is 7.25. The Labute approximate surface area is 126 Å². The first-order chi connectivity index (χ1) is 10.1. The van der Waals surface area contributed by atoms with Crippen molar-refractivity contribution in [3.8, 4) is 0 Å². The molecule has 0 saturated heterocycles. The maximum absolute atomic E-state index is 11.6. The van der Waals surface area contributed by atoms with Gasteiger partial charge in [0.05, 0.1) is 0 Å². The van der Waals surface area contributed by atoms with Crippen LogP contribution in [0.3, 0.4) is 0 Å². The first-order valence-electron chi connectivity index (χ1n) is 7.25. The van der Waals surface area contributed by atoms with Crippen molar-refractivity contribution in [2.75, 3.05) is 33.7 Å². The van der Waals surface area contributed by atoms with Gasteiger partial charge in [-0.1, -0.05) is 13.0 Å². The van der Waals surface area contributed by atoms with Gasteiger partial charge in [-0.25, -0.2) is 4.99 Å². The van der Waals surface area contributed by atoms with E-state index in [1.165, 1.54) is 4.90 Å². The molecule has 0 unspecified atom stereocenters. The number of nitrogens with zero attached hydrogens (tertiary/aromatic N) is 3. The number of nitrogens with one attached hydrogen (secondary N) is 2. The first kappa shape index (κ1) is 16.9. The zero-order valence-electron chi connectivity index (χ0n) is 13.1. The van der Waals surface area contributed by atoms with Crippen LogP contribution in [0.25, 0.3) is 0 Å². The number of pyridine rings is 1. The highest BCUT2D eigenvalue weighted by molar-refractivity contribution is 5.84. The highest BCUT2D eigenvalue weighted by atomic mass is 16.2. The standard InChI is InChI=1S/C15H25N5O/c1-4-9-17-15(19-12-14(21)20(2)3)18-11-8-13-7-5-6-10-16-13/h5-7,10H,4,8-9,11-12H2,1-3H3,(H2,17,18,19). The quantitative estimate of drug-likeness (QED) is 0.572. The van der Waals surface area contributed by atoms with E-state index in [1.807, 2.05) is 18.2 Å². The minimum absolute atomic E-state index is 0.0164. The number of carbonyl (C=O) groups is 1. The van der Waals surface area contributed by atoms with Gasteiger partial charge in [0.25, 0.3) is 0 Å². The van der Waals surface area contributed by atoms with Gasteiger partial charge in [0, 0.05) is 45.5 Å². The van der Waals surface area contributed by atoms with Crippen molar-refractivity contribution in [2.24, 2.45) is 4.99 Å². The molecule has 1 amide bonds. The average Bonchev–Trinajstić information content (AvgIpc) is 2.50. The Morgan fingerprint density at radius 3 is 2.67 bits per heavy atom. The summed E-state index contributed by atoms with van der Waals surface area (Å²) >= 11 is 0. The van der Waals surface area contributed by atoms with E-state index in [-0.39, 0.29) is 12.5 Å². The van der Waals surface area contributed by atoms with Gasteiger partial charge in [0.15, 0.2) is 5.96 Å². The lowest BCUT2D eigenvalue weighted by Gasteiger charge is -2.13. The van der Waals surface area contributed by atoms with Gasteiger partial charge in [0.2, 0.25) is 5.91 Å². The SMILES string of the molecule is CCCNC(=NCC(=O)N(C)C)NCCc1ccccn1. The molecular formula is C15H25N5O. The minimum atomic E-state index is -0.0164. The molecule has 2 N–H and O–H groups in total. The molecule has 0 aliphatic carbocycles. The molecule has 0 radical (unpaired) electrons. The smallest absolute Gasteiger partial charge is 0.243 e. The predicted octanol–water partition coefficient (Wildman–Crippen LogP) is 0.658. The second-order valence-electron chi connectivity index (χ2n) is 4.88. The fourth-order valence-electron chi connectivity index (χ4n) is 1.56. The number of carbonyl (C=O) groups excluding carboxylic acids is 1. The number of likely N-dealkylation sites (N-methyl/N-ethyl adjacent to an activating group) is 1. The van der Waals surface area contributed by atoms with Crippen molar-refractivity contribution in [1.29, 1.82) is 0 Å². The van der Waals surface area contributed by atoms with E-state index in [9.17, 15) is 4.79 Å². The molecule has 21 heavy (non-hydrogen) atoms. The highest BCUT2D eigenvalue weighted by Crippen LogP contribution is 1.93. The lowest BCUT2D eigenvalue weighted by molar-refractivity contribution is -0.127. The maximum atomic E-state index is 11.6. The lowest BCUT2D eigenvalue weighted by Crippen LogP contribution is -2.39. The Hall–Kier alpha value is -2.11. The summed E-state index contributed by atoms with van der Waals surface area (Å²) in [5, 5.41) is 6.42. The van der Waals surface area contributed by atoms with E-state index in [4.69, 9.17) is 0 Å². The number of aliphatic imine (C=N–C) groups is 1. The third kappa shape index (κ3) is 7.29. The Kier molecular flexibility index (Phi) is 7.86. The number of guanidine groups is 1. The van der Waals surface area contributed by atoms with Crippen LogP contribution in [0.1, 0.15) is 19.0 Å². The Balaban J connectivity index is 2.45. The Morgan fingerprint density at radius 1 is 1.29 bits per heavy atom. The molecule has 0 aliphatic heterocycles. The molecule has 6 heteroatoms. The molecule has 0 bridgehead atoms. The van der Waals surface area contributed by atoms with E-state index >= 15 is 0 Å². The summed E-state index contributed by atoms with van der Waals surface area (Å²) in [6.07, 6.45) is 3.60. The van der Waals surface area contributed by atoms with Crippen LogP contribution >= 0.6 is 0 Å². The van der Waals surface area contributed by atoms with E-state index in [0.717, 1.165) is 31.6 Å².